The Labute approximate surface area is 81.4 Å². The van der Waals surface area contributed by atoms with E-state index in [1.165, 1.54) is 26.5 Å². The molecule has 0 amide bonds. The number of dihydropyridines is 1. The molecule has 0 saturated heterocycles. The lowest BCUT2D eigenvalue weighted by molar-refractivity contribution is -0.136. The van der Waals surface area contributed by atoms with Crippen molar-refractivity contribution in [2.75, 3.05) is 20.8 Å². The van der Waals surface area contributed by atoms with Crippen LogP contribution in [0.2, 0.25) is 0 Å². The summed E-state index contributed by atoms with van der Waals surface area (Å²) < 4.78 is 9.03. The molecule has 0 aliphatic carbocycles. The Morgan fingerprint density at radius 3 is 2.50 bits per heavy atom. The minimum atomic E-state index is -0.487. The molecule has 0 aromatic heterocycles. The van der Waals surface area contributed by atoms with Crippen LogP contribution in [0.4, 0.5) is 0 Å². The second-order valence-corrected chi connectivity index (χ2v) is 2.63. The zero-order valence-electron chi connectivity index (χ0n) is 7.99. The molecule has 1 rings (SSSR count). The summed E-state index contributed by atoms with van der Waals surface area (Å²) in [6, 6.07) is 0. The summed E-state index contributed by atoms with van der Waals surface area (Å²) >= 11 is 0. The van der Waals surface area contributed by atoms with Crippen molar-refractivity contribution in [1.82, 2.24) is 5.32 Å². The third-order valence-corrected chi connectivity index (χ3v) is 1.75. The van der Waals surface area contributed by atoms with Crippen molar-refractivity contribution in [2.24, 2.45) is 0 Å². The number of carbonyl (C=O) groups excluding carboxylic acids is 2. The molecule has 76 valence electrons. The molecule has 0 atom stereocenters. The van der Waals surface area contributed by atoms with Gasteiger partial charge in [-0.25, -0.2) is 9.59 Å². The van der Waals surface area contributed by atoms with Gasteiger partial charge in [0.05, 0.1) is 25.4 Å². The molecule has 5 nitrogen and oxygen atoms in total. The molecule has 0 fully saturated rings. The van der Waals surface area contributed by atoms with Gasteiger partial charge in [0.15, 0.2) is 0 Å². The summed E-state index contributed by atoms with van der Waals surface area (Å²) in [5.41, 5.74) is 0.703. The van der Waals surface area contributed by atoms with Gasteiger partial charge in [0.2, 0.25) is 0 Å². The fourth-order valence-corrected chi connectivity index (χ4v) is 1.05. The van der Waals surface area contributed by atoms with Gasteiger partial charge in [0.25, 0.3) is 0 Å². The van der Waals surface area contributed by atoms with Crippen LogP contribution in [0.1, 0.15) is 0 Å². The van der Waals surface area contributed by atoms with Crippen molar-refractivity contribution in [2.45, 2.75) is 0 Å². The van der Waals surface area contributed by atoms with Gasteiger partial charge in [-0.1, -0.05) is 0 Å². The molecule has 1 aliphatic heterocycles. The number of hydrogen-bond donors (Lipinski definition) is 1. The molecular formula is C9H11NO4. The van der Waals surface area contributed by atoms with Gasteiger partial charge in [-0.15, -0.1) is 0 Å². The monoisotopic (exact) mass is 197 g/mol. The number of rotatable bonds is 2. The lowest BCUT2D eigenvalue weighted by atomic mass is 10.1. The Morgan fingerprint density at radius 1 is 1.29 bits per heavy atom. The van der Waals surface area contributed by atoms with Crippen molar-refractivity contribution in [1.29, 1.82) is 0 Å². The fourth-order valence-electron chi connectivity index (χ4n) is 1.05. The molecular weight excluding hydrogens is 186 g/mol. The standard InChI is InChI=1S/C9H11NO4/c1-13-8(11)6-3-7(5-10-4-6)9(12)14-2/h3-4,10H,5H2,1-2H3. The Balaban J connectivity index is 2.82. The van der Waals surface area contributed by atoms with E-state index in [-0.39, 0.29) is 0 Å². The first-order valence-corrected chi connectivity index (χ1v) is 3.99. The Hall–Kier alpha value is -1.78. The van der Waals surface area contributed by atoms with E-state index in [0.717, 1.165) is 0 Å². The van der Waals surface area contributed by atoms with Crippen molar-refractivity contribution in [3.63, 3.8) is 0 Å². The Kier molecular flexibility index (Phi) is 3.28. The predicted molar refractivity (Wildman–Crippen MR) is 48.2 cm³/mol. The zero-order chi connectivity index (χ0) is 10.6. The number of nitrogens with one attached hydrogen (secondary N) is 1. The number of esters is 2. The van der Waals surface area contributed by atoms with Gasteiger partial charge in [-0.05, 0) is 6.08 Å². The predicted octanol–water partition coefficient (Wildman–Crippen LogP) is -0.254. The second kappa shape index (κ2) is 4.45. The average molecular weight is 197 g/mol. The first-order chi connectivity index (χ1) is 6.69. The zero-order valence-corrected chi connectivity index (χ0v) is 7.99. The highest BCUT2D eigenvalue weighted by molar-refractivity contribution is 5.97. The van der Waals surface area contributed by atoms with Gasteiger partial charge < -0.3 is 14.8 Å². The van der Waals surface area contributed by atoms with Crippen LogP contribution in [-0.2, 0) is 19.1 Å². The average Bonchev–Trinajstić information content (AvgIpc) is 2.27. The minimum absolute atomic E-state index is 0.305. The van der Waals surface area contributed by atoms with Crippen molar-refractivity contribution < 1.29 is 19.1 Å². The summed E-state index contributed by atoms with van der Waals surface area (Å²) in [7, 11) is 2.57. The minimum Gasteiger partial charge on any atom is -0.466 e. The number of carbonyl (C=O) groups is 2. The molecule has 1 heterocycles. The van der Waals surface area contributed by atoms with E-state index in [1.807, 2.05) is 0 Å². The maximum Gasteiger partial charge on any atom is 0.339 e. The normalized spacial score (nSPS) is 14.7. The van der Waals surface area contributed by atoms with E-state index in [2.05, 4.69) is 14.8 Å². The van der Waals surface area contributed by atoms with Crippen molar-refractivity contribution in [3.05, 3.63) is 23.4 Å². The molecule has 5 heteroatoms. The summed E-state index contributed by atoms with van der Waals surface area (Å²) in [6.45, 7) is 0.354. The van der Waals surface area contributed by atoms with Crippen LogP contribution in [0.15, 0.2) is 23.4 Å². The quantitative estimate of drug-likeness (QED) is 0.618. The van der Waals surface area contributed by atoms with Gasteiger partial charge in [0, 0.05) is 12.7 Å². The topological polar surface area (TPSA) is 64.6 Å². The number of methoxy groups -OCH3 is 2. The van der Waals surface area contributed by atoms with Crippen molar-refractivity contribution >= 4 is 11.9 Å². The summed E-state index contributed by atoms with van der Waals surface area (Å²) in [6.07, 6.45) is 2.95. The van der Waals surface area contributed by atoms with Gasteiger partial charge in [0.1, 0.15) is 0 Å². The van der Waals surface area contributed by atoms with Gasteiger partial charge in [-0.3, -0.25) is 0 Å². The van der Waals surface area contributed by atoms with Crippen LogP contribution in [0.25, 0.3) is 0 Å². The summed E-state index contributed by atoms with van der Waals surface area (Å²) in [5.74, 6) is -0.939. The Morgan fingerprint density at radius 2 is 1.93 bits per heavy atom. The molecule has 1 aliphatic rings. The molecule has 0 spiro atoms. The van der Waals surface area contributed by atoms with E-state index in [1.54, 1.807) is 0 Å². The van der Waals surface area contributed by atoms with Gasteiger partial charge >= 0.3 is 11.9 Å². The van der Waals surface area contributed by atoms with Crippen LogP contribution in [0.5, 0.6) is 0 Å². The highest BCUT2D eigenvalue weighted by atomic mass is 16.5. The first-order valence-electron chi connectivity index (χ1n) is 3.99. The lowest BCUT2D eigenvalue weighted by Crippen LogP contribution is -2.23. The van der Waals surface area contributed by atoms with E-state index >= 15 is 0 Å². The SMILES string of the molecule is COC(=O)C1=CNCC(C(=O)OC)=C1. The maximum atomic E-state index is 11.1. The van der Waals surface area contributed by atoms with E-state index in [4.69, 9.17) is 0 Å². The van der Waals surface area contributed by atoms with Crippen LogP contribution in [0.3, 0.4) is 0 Å². The molecule has 0 aromatic carbocycles. The molecule has 1 N–H and O–H groups in total. The lowest BCUT2D eigenvalue weighted by Gasteiger charge is -2.12. The van der Waals surface area contributed by atoms with Crippen LogP contribution >= 0.6 is 0 Å². The highest BCUT2D eigenvalue weighted by Gasteiger charge is 2.17. The van der Waals surface area contributed by atoms with E-state index in [9.17, 15) is 9.59 Å². The third-order valence-electron chi connectivity index (χ3n) is 1.75. The van der Waals surface area contributed by atoms with Crippen LogP contribution in [-0.4, -0.2) is 32.7 Å². The van der Waals surface area contributed by atoms with E-state index in [0.29, 0.717) is 17.7 Å². The first kappa shape index (κ1) is 10.3. The third kappa shape index (κ3) is 2.12. The maximum absolute atomic E-state index is 11.1. The van der Waals surface area contributed by atoms with Gasteiger partial charge in [-0.2, -0.15) is 0 Å². The smallest absolute Gasteiger partial charge is 0.339 e. The Bertz CT molecular complexity index is 317. The summed E-state index contributed by atoms with van der Waals surface area (Å²) in [4.78, 5) is 22.2. The van der Waals surface area contributed by atoms with Crippen LogP contribution < -0.4 is 5.32 Å². The second-order valence-electron chi connectivity index (χ2n) is 2.63. The fraction of sp³-hybridized carbons (Fsp3) is 0.333. The van der Waals surface area contributed by atoms with E-state index < -0.39 is 11.9 Å². The number of ether oxygens (including phenoxy) is 2. The largest absolute Gasteiger partial charge is 0.466 e. The molecule has 0 unspecified atom stereocenters. The molecule has 14 heavy (non-hydrogen) atoms. The molecule has 0 bridgehead atoms. The number of hydrogen-bond acceptors (Lipinski definition) is 5. The molecule has 0 aromatic rings. The molecule has 0 radical (unpaired) electrons. The van der Waals surface area contributed by atoms with Crippen molar-refractivity contribution in [3.8, 4) is 0 Å². The molecule has 0 saturated carbocycles. The highest BCUT2D eigenvalue weighted by Crippen LogP contribution is 2.09. The summed E-state index contributed by atoms with van der Waals surface area (Å²) in [5, 5.41) is 2.78. The van der Waals surface area contributed by atoms with Crippen LogP contribution in [0, 0.1) is 0 Å².